The first-order valence-electron chi connectivity index (χ1n) is 5.35. The summed E-state index contributed by atoms with van der Waals surface area (Å²) in [4.78, 5) is 6.81. The van der Waals surface area contributed by atoms with Crippen LogP contribution in [-0.2, 0) is 6.42 Å². The minimum Gasteiger partial charge on any atom is -0.397 e. The number of pyridine rings is 1. The van der Waals surface area contributed by atoms with Gasteiger partial charge in [-0.25, -0.2) is 0 Å². The molecule has 82 valence electrons. The Morgan fingerprint density at radius 2 is 2.13 bits per heavy atom. The van der Waals surface area contributed by atoms with Gasteiger partial charge in [-0.15, -0.1) is 0 Å². The van der Waals surface area contributed by atoms with Crippen molar-refractivity contribution in [3.8, 4) is 0 Å². The van der Waals surface area contributed by atoms with Gasteiger partial charge in [0.1, 0.15) is 0 Å². The average Bonchev–Trinajstić information content (AvgIpc) is 2.30. The first kappa shape index (κ1) is 10.8. The number of nitrogens with two attached hydrogens (primary N) is 1. The van der Waals surface area contributed by atoms with E-state index in [1.807, 2.05) is 23.9 Å². The lowest BCUT2D eigenvalue weighted by Gasteiger charge is -2.25. The highest BCUT2D eigenvalue weighted by atomic mass is 32.2. The van der Waals surface area contributed by atoms with Gasteiger partial charge in [0.2, 0.25) is 0 Å². The number of rotatable bonds is 3. The van der Waals surface area contributed by atoms with Gasteiger partial charge in [-0.2, -0.15) is 11.8 Å². The highest BCUT2D eigenvalue weighted by Gasteiger charge is 2.09. The van der Waals surface area contributed by atoms with E-state index in [1.165, 1.54) is 24.6 Å². The van der Waals surface area contributed by atoms with Gasteiger partial charge in [-0.05, 0) is 12.1 Å². The molecule has 1 fully saturated rings. The van der Waals surface area contributed by atoms with Gasteiger partial charge < -0.3 is 10.6 Å². The molecule has 0 radical (unpaired) electrons. The third-order valence-corrected chi connectivity index (χ3v) is 3.58. The van der Waals surface area contributed by atoms with Crippen LogP contribution in [0.4, 0.5) is 5.69 Å². The topological polar surface area (TPSA) is 42.1 Å². The van der Waals surface area contributed by atoms with Crippen LogP contribution in [0.5, 0.6) is 0 Å². The lowest BCUT2D eigenvalue weighted by Crippen LogP contribution is -2.34. The normalized spacial score (nSPS) is 17.9. The Morgan fingerprint density at radius 1 is 1.33 bits per heavy atom. The van der Waals surface area contributed by atoms with Gasteiger partial charge in [-0.3, -0.25) is 4.98 Å². The van der Waals surface area contributed by atoms with Crippen molar-refractivity contribution in [1.82, 2.24) is 9.88 Å². The minimum atomic E-state index is 0.744. The zero-order valence-electron chi connectivity index (χ0n) is 8.85. The number of anilines is 1. The van der Waals surface area contributed by atoms with Crippen LogP contribution in [-0.4, -0.2) is 41.0 Å². The fourth-order valence-electron chi connectivity index (χ4n) is 1.68. The maximum atomic E-state index is 5.59. The van der Waals surface area contributed by atoms with Crippen molar-refractivity contribution in [2.24, 2.45) is 0 Å². The van der Waals surface area contributed by atoms with Crippen LogP contribution in [0.15, 0.2) is 18.3 Å². The molecule has 0 unspecified atom stereocenters. The summed E-state index contributed by atoms with van der Waals surface area (Å²) < 4.78 is 0. The molecule has 0 aliphatic carbocycles. The highest BCUT2D eigenvalue weighted by Crippen LogP contribution is 2.10. The predicted molar refractivity (Wildman–Crippen MR) is 66.1 cm³/mol. The molecule has 2 rings (SSSR count). The van der Waals surface area contributed by atoms with Crippen LogP contribution in [0.2, 0.25) is 0 Å². The van der Waals surface area contributed by atoms with Crippen LogP contribution in [0.3, 0.4) is 0 Å². The predicted octanol–water partition coefficient (Wildman–Crippen LogP) is 1.26. The van der Waals surface area contributed by atoms with E-state index < -0.39 is 0 Å². The van der Waals surface area contributed by atoms with Gasteiger partial charge in [0.25, 0.3) is 0 Å². The number of thioether (sulfide) groups is 1. The van der Waals surface area contributed by atoms with Crippen LogP contribution in [0, 0.1) is 0 Å². The van der Waals surface area contributed by atoms with E-state index in [2.05, 4.69) is 9.88 Å². The van der Waals surface area contributed by atoms with Gasteiger partial charge >= 0.3 is 0 Å². The zero-order valence-corrected chi connectivity index (χ0v) is 9.67. The quantitative estimate of drug-likeness (QED) is 0.837. The number of aromatic nitrogens is 1. The molecular formula is C11H17N3S. The van der Waals surface area contributed by atoms with Crippen molar-refractivity contribution in [2.45, 2.75) is 6.42 Å². The van der Waals surface area contributed by atoms with Crippen molar-refractivity contribution >= 4 is 17.4 Å². The van der Waals surface area contributed by atoms with Crippen molar-refractivity contribution in [3.05, 3.63) is 24.0 Å². The Hall–Kier alpha value is -0.740. The second-order valence-corrected chi connectivity index (χ2v) is 5.01. The van der Waals surface area contributed by atoms with Crippen molar-refractivity contribution in [2.75, 3.05) is 36.9 Å². The van der Waals surface area contributed by atoms with Gasteiger partial charge in [-0.1, -0.05) is 0 Å². The summed E-state index contributed by atoms with van der Waals surface area (Å²) in [5.41, 5.74) is 7.47. The molecule has 4 heteroatoms. The zero-order chi connectivity index (χ0) is 10.5. The smallest absolute Gasteiger partial charge is 0.0501 e. The van der Waals surface area contributed by atoms with Gasteiger partial charge in [0.15, 0.2) is 0 Å². The lowest BCUT2D eigenvalue weighted by molar-refractivity contribution is 0.305. The molecular weight excluding hydrogens is 206 g/mol. The third kappa shape index (κ3) is 3.39. The first-order valence-corrected chi connectivity index (χ1v) is 6.50. The summed E-state index contributed by atoms with van der Waals surface area (Å²) in [6.45, 7) is 3.57. The Morgan fingerprint density at radius 3 is 2.80 bits per heavy atom. The lowest BCUT2D eigenvalue weighted by atomic mass is 10.2. The Bertz CT molecular complexity index is 293. The SMILES string of the molecule is Nc1ccc(CCN2CCSCC2)nc1. The molecule has 1 aromatic heterocycles. The molecule has 1 saturated heterocycles. The molecule has 2 N–H and O–H groups in total. The van der Waals surface area contributed by atoms with E-state index in [-0.39, 0.29) is 0 Å². The monoisotopic (exact) mass is 223 g/mol. The Balaban J connectivity index is 1.79. The molecule has 1 aliphatic rings. The second kappa shape index (κ2) is 5.37. The van der Waals surface area contributed by atoms with E-state index in [4.69, 9.17) is 5.73 Å². The summed E-state index contributed by atoms with van der Waals surface area (Å²) >= 11 is 2.05. The molecule has 15 heavy (non-hydrogen) atoms. The Kier molecular flexibility index (Phi) is 3.86. The fraction of sp³-hybridized carbons (Fsp3) is 0.545. The molecule has 3 nitrogen and oxygen atoms in total. The summed E-state index contributed by atoms with van der Waals surface area (Å²) in [5, 5.41) is 0. The molecule has 0 bridgehead atoms. The molecule has 1 aliphatic heterocycles. The summed E-state index contributed by atoms with van der Waals surface area (Å²) in [7, 11) is 0. The molecule has 1 aromatic rings. The number of hydrogen-bond acceptors (Lipinski definition) is 4. The van der Waals surface area contributed by atoms with Gasteiger partial charge in [0.05, 0.1) is 11.9 Å². The van der Waals surface area contributed by atoms with E-state index >= 15 is 0 Å². The summed E-state index contributed by atoms with van der Waals surface area (Å²) in [6, 6.07) is 3.95. The van der Waals surface area contributed by atoms with E-state index in [9.17, 15) is 0 Å². The van der Waals surface area contributed by atoms with Crippen molar-refractivity contribution in [3.63, 3.8) is 0 Å². The van der Waals surface area contributed by atoms with Crippen LogP contribution >= 0.6 is 11.8 Å². The highest BCUT2D eigenvalue weighted by molar-refractivity contribution is 7.99. The molecule has 0 saturated carbocycles. The van der Waals surface area contributed by atoms with Crippen LogP contribution in [0.1, 0.15) is 5.69 Å². The largest absolute Gasteiger partial charge is 0.397 e. The fourth-order valence-corrected chi connectivity index (χ4v) is 2.66. The van der Waals surface area contributed by atoms with E-state index in [1.54, 1.807) is 6.20 Å². The second-order valence-electron chi connectivity index (χ2n) is 3.79. The third-order valence-electron chi connectivity index (χ3n) is 2.64. The number of hydrogen-bond donors (Lipinski definition) is 1. The molecule has 0 amide bonds. The Labute approximate surface area is 95.1 Å². The minimum absolute atomic E-state index is 0.744. The van der Waals surface area contributed by atoms with E-state index in [0.29, 0.717) is 0 Å². The number of nitrogens with zero attached hydrogens (tertiary/aromatic N) is 2. The molecule has 0 spiro atoms. The van der Waals surface area contributed by atoms with E-state index in [0.717, 1.165) is 24.3 Å². The molecule has 2 heterocycles. The first-order chi connectivity index (χ1) is 7.34. The summed E-state index contributed by atoms with van der Waals surface area (Å²) in [6.07, 6.45) is 2.77. The van der Waals surface area contributed by atoms with Gasteiger partial charge in [0, 0.05) is 43.3 Å². The maximum absolute atomic E-state index is 5.59. The average molecular weight is 223 g/mol. The molecule has 0 atom stereocenters. The standard InChI is InChI=1S/C11H17N3S/c12-10-1-2-11(13-9-10)3-4-14-5-7-15-8-6-14/h1-2,9H,3-8,12H2. The van der Waals surface area contributed by atoms with Crippen LogP contribution < -0.4 is 5.73 Å². The number of nitrogen functional groups attached to an aromatic ring is 1. The maximum Gasteiger partial charge on any atom is 0.0501 e. The van der Waals surface area contributed by atoms with Crippen molar-refractivity contribution in [1.29, 1.82) is 0 Å². The molecule has 0 aromatic carbocycles. The van der Waals surface area contributed by atoms with Crippen molar-refractivity contribution < 1.29 is 0 Å². The van der Waals surface area contributed by atoms with Crippen LogP contribution in [0.25, 0.3) is 0 Å². The summed E-state index contributed by atoms with van der Waals surface area (Å²) in [5.74, 6) is 2.55.